The average Bonchev–Trinajstić information content (AvgIpc) is 2.60. The normalized spacial score (nSPS) is 10.5. The van der Waals surface area contributed by atoms with E-state index in [0.717, 1.165) is 11.4 Å². The quantitative estimate of drug-likeness (QED) is 0.678. The van der Waals surface area contributed by atoms with E-state index in [1.165, 1.54) is 0 Å². The molecule has 0 bridgehead atoms. The molecule has 2 rings (SSSR count). The summed E-state index contributed by atoms with van der Waals surface area (Å²) >= 11 is 5.79. The van der Waals surface area contributed by atoms with Gasteiger partial charge in [-0.15, -0.1) is 0 Å². The molecule has 2 aromatic rings. The SMILES string of the molecule is CC(C)Oc1ccc(NC(=O)CCCNC(=O)c2ccc(Cl)cc2)cc1. The topological polar surface area (TPSA) is 67.4 Å². The fourth-order valence-corrected chi connectivity index (χ4v) is 2.39. The predicted molar refractivity (Wildman–Crippen MR) is 104 cm³/mol. The van der Waals surface area contributed by atoms with Gasteiger partial charge in [-0.1, -0.05) is 11.6 Å². The summed E-state index contributed by atoms with van der Waals surface area (Å²) in [5.74, 6) is 0.494. The Balaban J connectivity index is 1.68. The number of carbonyl (C=O) groups is 2. The third kappa shape index (κ3) is 6.76. The van der Waals surface area contributed by atoms with Crippen molar-refractivity contribution in [1.82, 2.24) is 5.32 Å². The summed E-state index contributed by atoms with van der Waals surface area (Å²) in [6, 6.07) is 13.9. The van der Waals surface area contributed by atoms with Gasteiger partial charge in [-0.25, -0.2) is 0 Å². The van der Waals surface area contributed by atoms with Gasteiger partial charge in [0.1, 0.15) is 5.75 Å². The molecule has 0 heterocycles. The van der Waals surface area contributed by atoms with Crippen LogP contribution in [0.1, 0.15) is 37.0 Å². The van der Waals surface area contributed by atoms with E-state index in [1.54, 1.807) is 36.4 Å². The van der Waals surface area contributed by atoms with Crippen molar-refractivity contribution in [1.29, 1.82) is 0 Å². The number of benzene rings is 2. The van der Waals surface area contributed by atoms with Crippen LogP contribution in [-0.2, 0) is 4.79 Å². The number of carbonyl (C=O) groups excluding carboxylic acids is 2. The average molecular weight is 375 g/mol. The Morgan fingerprint density at radius 3 is 2.31 bits per heavy atom. The monoisotopic (exact) mass is 374 g/mol. The van der Waals surface area contributed by atoms with Crippen LogP contribution < -0.4 is 15.4 Å². The molecule has 138 valence electrons. The van der Waals surface area contributed by atoms with E-state index in [1.807, 2.05) is 26.0 Å². The van der Waals surface area contributed by atoms with Crippen LogP contribution >= 0.6 is 11.6 Å². The van der Waals surface area contributed by atoms with Crippen molar-refractivity contribution < 1.29 is 14.3 Å². The summed E-state index contributed by atoms with van der Waals surface area (Å²) in [7, 11) is 0. The molecule has 0 aromatic heterocycles. The van der Waals surface area contributed by atoms with Crippen LogP contribution in [0.2, 0.25) is 5.02 Å². The Kier molecular flexibility index (Phi) is 7.48. The second-order valence-electron chi connectivity index (χ2n) is 6.11. The lowest BCUT2D eigenvalue weighted by Crippen LogP contribution is -2.25. The molecule has 0 spiro atoms. The minimum Gasteiger partial charge on any atom is -0.491 e. The van der Waals surface area contributed by atoms with Gasteiger partial charge in [0.25, 0.3) is 5.91 Å². The lowest BCUT2D eigenvalue weighted by Gasteiger charge is -2.10. The van der Waals surface area contributed by atoms with Crippen molar-refractivity contribution in [2.45, 2.75) is 32.8 Å². The van der Waals surface area contributed by atoms with Crippen molar-refractivity contribution in [2.75, 3.05) is 11.9 Å². The van der Waals surface area contributed by atoms with Gasteiger partial charge in [-0.05, 0) is 68.8 Å². The van der Waals surface area contributed by atoms with Crippen molar-refractivity contribution in [3.05, 3.63) is 59.1 Å². The zero-order chi connectivity index (χ0) is 18.9. The number of nitrogens with one attached hydrogen (secondary N) is 2. The van der Waals surface area contributed by atoms with Gasteiger partial charge in [0.05, 0.1) is 6.10 Å². The van der Waals surface area contributed by atoms with Crippen molar-refractivity contribution in [3.63, 3.8) is 0 Å². The molecular formula is C20H23ClN2O3. The molecule has 0 saturated carbocycles. The van der Waals surface area contributed by atoms with E-state index >= 15 is 0 Å². The number of rotatable bonds is 8. The smallest absolute Gasteiger partial charge is 0.251 e. The molecule has 5 nitrogen and oxygen atoms in total. The summed E-state index contributed by atoms with van der Waals surface area (Å²) in [4.78, 5) is 23.9. The van der Waals surface area contributed by atoms with Crippen LogP contribution in [0, 0.1) is 0 Å². The van der Waals surface area contributed by atoms with Gasteiger partial charge >= 0.3 is 0 Å². The summed E-state index contributed by atoms with van der Waals surface area (Å²) in [6.45, 7) is 4.35. The van der Waals surface area contributed by atoms with E-state index in [-0.39, 0.29) is 17.9 Å². The van der Waals surface area contributed by atoms with Crippen molar-refractivity contribution in [3.8, 4) is 5.75 Å². The molecule has 26 heavy (non-hydrogen) atoms. The maximum atomic E-state index is 12.0. The molecule has 0 fully saturated rings. The largest absolute Gasteiger partial charge is 0.491 e. The van der Waals surface area contributed by atoms with Crippen LogP contribution in [0.5, 0.6) is 5.75 Å². The molecular weight excluding hydrogens is 352 g/mol. The minimum atomic E-state index is -0.178. The van der Waals surface area contributed by atoms with E-state index in [2.05, 4.69) is 10.6 Å². The molecule has 6 heteroatoms. The number of hydrogen-bond donors (Lipinski definition) is 2. The number of ether oxygens (including phenoxy) is 1. The second-order valence-corrected chi connectivity index (χ2v) is 6.54. The highest BCUT2D eigenvalue weighted by atomic mass is 35.5. The Morgan fingerprint density at radius 2 is 1.69 bits per heavy atom. The van der Waals surface area contributed by atoms with Crippen LogP contribution in [0.4, 0.5) is 5.69 Å². The van der Waals surface area contributed by atoms with E-state index < -0.39 is 0 Å². The van der Waals surface area contributed by atoms with Crippen LogP contribution in [0.3, 0.4) is 0 Å². The Bertz CT molecular complexity index is 728. The Morgan fingerprint density at radius 1 is 1.04 bits per heavy atom. The summed E-state index contributed by atoms with van der Waals surface area (Å²) < 4.78 is 5.56. The second kappa shape index (κ2) is 9.82. The van der Waals surface area contributed by atoms with Crippen LogP contribution in [0.15, 0.2) is 48.5 Å². The molecule has 0 unspecified atom stereocenters. The number of halogens is 1. The highest BCUT2D eigenvalue weighted by Crippen LogP contribution is 2.17. The standard InChI is InChI=1S/C20H23ClN2O3/c1-14(2)26-18-11-9-17(10-12-18)23-19(24)4-3-13-22-20(25)15-5-7-16(21)8-6-15/h5-12,14H,3-4,13H2,1-2H3,(H,22,25)(H,23,24). The first kappa shape index (κ1) is 19.8. The predicted octanol–water partition coefficient (Wildman–Crippen LogP) is 4.28. The summed E-state index contributed by atoms with van der Waals surface area (Å²) in [5, 5.41) is 6.20. The fourth-order valence-electron chi connectivity index (χ4n) is 2.27. The maximum Gasteiger partial charge on any atom is 0.251 e. The third-order valence-electron chi connectivity index (χ3n) is 3.48. The molecule has 0 atom stereocenters. The minimum absolute atomic E-state index is 0.0942. The zero-order valence-electron chi connectivity index (χ0n) is 14.9. The molecule has 2 amide bonds. The zero-order valence-corrected chi connectivity index (χ0v) is 15.7. The number of hydrogen-bond acceptors (Lipinski definition) is 3. The highest BCUT2D eigenvalue weighted by molar-refractivity contribution is 6.30. The Labute approximate surface area is 158 Å². The Hall–Kier alpha value is -2.53. The molecule has 0 aliphatic heterocycles. The number of anilines is 1. The van der Waals surface area contributed by atoms with Gasteiger partial charge < -0.3 is 15.4 Å². The first-order valence-corrected chi connectivity index (χ1v) is 8.92. The van der Waals surface area contributed by atoms with Crippen molar-refractivity contribution in [2.24, 2.45) is 0 Å². The van der Waals surface area contributed by atoms with Gasteiger partial charge in [0.2, 0.25) is 5.91 Å². The third-order valence-corrected chi connectivity index (χ3v) is 3.73. The highest BCUT2D eigenvalue weighted by Gasteiger charge is 2.06. The fraction of sp³-hybridized carbons (Fsp3) is 0.300. The molecule has 2 aromatic carbocycles. The van der Waals surface area contributed by atoms with Crippen molar-refractivity contribution >= 4 is 29.1 Å². The molecule has 0 radical (unpaired) electrons. The summed E-state index contributed by atoms with van der Waals surface area (Å²) in [5.41, 5.74) is 1.26. The van der Waals surface area contributed by atoms with E-state index in [9.17, 15) is 9.59 Å². The lowest BCUT2D eigenvalue weighted by molar-refractivity contribution is -0.116. The van der Waals surface area contributed by atoms with E-state index in [0.29, 0.717) is 30.0 Å². The van der Waals surface area contributed by atoms with Crippen LogP contribution in [0.25, 0.3) is 0 Å². The molecule has 2 N–H and O–H groups in total. The summed E-state index contributed by atoms with van der Waals surface area (Å²) in [6.07, 6.45) is 0.990. The van der Waals surface area contributed by atoms with Gasteiger partial charge in [-0.3, -0.25) is 9.59 Å². The first-order chi connectivity index (χ1) is 12.4. The number of amides is 2. The van der Waals surface area contributed by atoms with Gasteiger partial charge in [0.15, 0.2) is 0 Å². The van der Waals surface area contributed by atoms with Gasteiger partial charge in [-0.2, -0.15) is 0 Å². The molecule has 0 saturated heterocycles. The maximum absolute atomic E-state index is 12.0. The van der Waals surface area contributed by atoms with E-state index in [4.69, 9.17) is 16.3 Å². The molecule has 0 aliphatic carbocycles. The van der Waals surface area contributed by atoms with Crippen LogP contribution in [-0.4, -0.2) is 24.5 Å². The first-order valence-electron chi connectivity index (χ1n) is 8.54. The van der Waals surface area contributed by atoms with Gasteiger partial charge in [0, 0.05) is 29.2 Å². The molecule has 0 aliphatic rings. The lowest BCUT2D eigenvalue weighted by atomic mass is 10.2.